The van der Waals surface area contributed by atoms with Gasteiger partial charge in [0.15, 0.2) is 5.16 Å². The molecule has 1 fully saturated rings. The van der Waals surface area contributed by atoms with Gasteiger partial charge >= 0.3 is 12.0 Å². The number of carbonyl (C=O) groups is 2. The highest BCUT2D eigenvalue weighted by Gasteiger charge is 2.35. The zero-order valence-corrected chi connectivity index (χ0v) is 19.6. The van der Waals surface area contributed by atoms with Gasteiger partial charge in [0.05, 0.1) is 24.1 Å². The fourth-order valence-corrected chi connectivity index (χ4v) is 5.58. The number of hydrogen-bond acceptors (Lipinski definition) is 6. The molecular weight excluding hydrogens is 428 g/mol. The summed E-state index contributed by atoms with van der Waals surface area (Å²) < 4.78 is 13.2. The molecule has 2 N–H and O–H groups in total. The largest absolute Gasteiger partial charge is 0.467 e. The average molecular weight is 459 g/mol. The number of furan rings is 1. The van der Waals surface area contributed by atoms with Gasteiger partial charge in [-0.25, -0.2) is 14.6 Å². The van der Waals surface area contributed by atoms with Gasteiger partial charge in [0, 0.05) is 23.2 Å². The molecule has 1 aliphatic carbocycles. The lowest BCUT2D eigenvalue weighted by atomic mass is 9.95. The number of hydrogen-bond donors (Lipinski definition) is 2. The van der Waals surface area contributed by atoms with E-state index in [2.05, 4.69) is 22.1 Å². The van der Waals surface area contributed by atoms with E-state index in [0.29, 0.717) is 28.8 Å². The number of amides is 2. The maximum atomic E-state index is 12.9. The number of thioether (sulfide) groups is 1. The first-order chi connectivity index (χ1) is 15.5. The molecule has 1 aliphatic heterocycles. The topological polar surface area (TPSA) is 98.4 Å². The summed E-state index contributed by atoms with van der Waals surface area (Å²) in [5.74, 6) is 0.405. The minimum atomic E-state index is -0.699. The minimum Gasteiger partial charge on any atom is -0.467 e. The first-order valence-electron chi connectivity index (χ1n) is 11.2. The fraction of sp³-hybridized carbons (Fsp3) is 0.522. The number of aromatic nitrogens is 2. The van der Waals surface area contributed by atoms with E-state index in [4.69, 9.17) is 14.1 Å². The lowest BCUT2D eigenvalue weighted by Crippen LogP contribution is -2.46. The molecule has 2 amide bonds. The van der Waals surface area contributed by atoms with Crippen molar-refractivity contribution >= 4 is 23.8 Å². The van der Waals surface area contributed by atoms with Gasteiger partial charge in [-0.3, -0.25) is 0 Å². The highest BCUT2D eigenvalue weighted by molar-refractivity contribution is 7.99. The van der Waals surface area contributed by atoms with Gasteiger partial charge in [-0.05, 0) is 45.7 Å². The number of carbonyl (C=O) groups excluding carboxylic acids is 2. The molecule has 0 saturated heterocycles. The summed E-state index contributed by atoms with van der Waals surface area (Å²) in [4.78, 5) is 30.1. The fourth-order valence-electron chi connectivity index (χ4n) is 4.45. The van der Waals surface area contributed by atoms with Crippen molar-refractivity contribution in [2.45, 2.75) is 70.1 Å². The molecule has 4 rings (SSSR count). The molecule has 1 saturated carbocycles. The van der Waals surface area contributed by atoms with Crippen LogP contribution in [0.1, 0.15) is 68.3 Å². The average Bonchev–Trinajstić information content (AvgIpc) is 3.41. The van der Waals surface area contributed by atoms with Crippen LogP contribution >= 0.6 is 11.8 Å². The van der Waals surface area contributed by atoms with Gasteiger partial charge in [-0.1, -0.05) is 31.0 Å². The molecule has 1 atom stereocenters. The van der Waals surface area contributed by atoms with Crippen molar-refractivity contribution in [1.29, 1.82) is 0 Å². The first kappa shape index (κ1) is 22.5. The maximum absolute atomic E-state index is 12.9. The van der Waals surface area contributed by atoms with Gasteiger partial charge in [0.2, 0.25) is 0 Å². The van der Waals surface area contributed by atoms with Crippen molar-refractivity contribution in [1.82, 2.24) is 20.2 Å². The molecule has 2 aromatic heterocycles. The van der Waals surface area contributed by atoms with Crippen LogP contribution in [-0.2, 0) is 9.53 Å². The molecule has 2 aromatic rings. The molecule has 8 nitrogen and oxygen atoms in total. The van der Waals surface area contributed by atoms with Crippen LogP contribution in [0.25, 0.3) is 0 Å². The number of nitrogens with one attached hydrogen (secondary N) is 2. The number of urea groups is 1. The van der Waals surface area contributed by atoms with E-state index in [9.17, 15) is 9.59 Å². The van der Waals surface area contributed by atoms with Crippen LogP contribution in [0.4, 0.5) is 4.79 Å². The van der Waals surface area contributed by atoms with Crippen LogP contribution in [0.2, 0.25) is 0 Å². The lowest BCUT2D eigenvalue weighted by molar-refractivity contribution is -0.139. The third-order valence-electron chi connectivity index (χ3n) is 6.12. The molecule has 9 heteroatoms. The highest BCUT2D eigenvalue weighted by atomic mass is 32.2. The van der Waals surface area contributed by atoms with E-state index in [1.54, 1.807) is 19.1 Å². The van der Waals surface area contributed by atoms with Crippen LogP contribution in [0.15, 0.2) is 39.2 Å². The number of esters is 1. The van der Waals surface area contributed by atoms with Crippen LogP contribution in [0, 0.1) is 13.8 Å². The van der Waals surface area contributed by atoms with Crippen LogP contribution in [0.5, 0.6) is 0 Å². The summed E-state index contributed by atoms with van der Waals surface area (Å²) in [6.07, 6.45) is 7.58. The summed E-state index contributed by atoms with van der Waals surface area (Å²) in [5, 5.41) is 6.52. The van der Waals surface area contributed by atoms with Crippen molar-refractivity contribution in [3.05, 3.63) is 46.8 Å². The van der Waals surface area contributed by atoms with Gasteiger partial charge < -0.3 is 24.4 Å². The van der Waals surface area contributed by atoms with Gasteiger partial charge in [0.1, 0.15) is 11.8 Å². The molecule has 172 valence electrons. The number of imidazole rings is 1. The second-order valence-electron chi connectivity index (χ2n) is 8.18. The summed E-state index contributed by atoms with van der Waals surface area (Å²) in [5.41, 5.74) is 3.08. The number of ether oxygens (including phenoxy) is 1. The number of rotatable bonds is 7. The second-order valence-corrected chi connectivity index (χ2v) is 9.12. The predicted molar refractivity (Wildman–Crippen MR) is 121 cm³/mol. The van der Waals surface area contributed by atoms with Gasteiger partial charge in [-0.15, -0.1) is 0 Å². The molecular formula is C23H30N4O4S. The monoisotopic (exact) mass is 458 g/mol. The SMILES string of the molecule is CCOC(=O)C1=C(CSc2nc(C)c(C)n2C2CCCCC2)NC(=O)NC1c1ccco1. The Hall–Kier alpha value is -2.68. The van der Waals surface area contributed by atoms with Crippen molar-refractivity contribution < 1.29 is 18.7 Å². The quantitative estimate of drug-likeness (QED) is 0.466. The van der Waals surface area contributed by atoms with E-state index < -0.39 is 12.0 Å². The highest BCUT2D eigenvalue weighted by Crippen LogP contribution is 2.36. The van der Waals surface area contributed by atoms with Crippen LogP contribution in [0.3, 0.4) is 0 Å². The van der Waals surface area contributed by atoms with Crippen molar-refractivity contribution in [2.24, 2.45) is 0 Å². The number of nitrogens with zero attached hydrogens (tertiary/aromatic N) is 2. The lowest BCUT2D eigenvalue weighted by Gasteiger charge is -2.28. The molecule has 2 aliphatic rings. The van der Waals surface area contributed by atoms with E-state index >= 15 is 0 Å². The zero-order chi connectivity index (χ0) is 22.7. The summed E-state index contributed by atoms with van der Waals surface area (Å²) in [6, 6.07) is 2.84. The Kier molecular flexibility index (Phi) is 6.93. The Labute approximate surface area is 192 Å². The van der Waals surface area contributed by atoms with Gasteiger partial charge in [0.25, 0.3) is 0 Å². The van der Waals surface area contributed by atoms with E-state index in [0.717, 1.165) is 23.7 Å². The smallest absolute Gasteiger partial charge is 0.338 e. The Bertz CT molecular complexity index is 1010. The van der Waals surface area contributed by atoms with Crippen LogP contribution < -0.4 is 10.6 Å². The van der Waals surface area contributed by atoms with Crippen molar-refractivity contribution in [3.63, 3.8) is 0 Å². The Morgan fingerprint density at radius 2 is 2.09 bits per heavy atom. The third-order valence-corrected chi connectivity index (χ3v) is 7.10. The van der Waals surface area contributed by atoms with E-state index in [-0.39, 0.29) is 12.6 Å². The molecule has 3 heterocycles. The molecule has 0 radical (unpaired) electrons. The van der Waals surface area contributed by atoms with E-state index in [1.807, 2.05) is 6.92 Å². The maximum Gasteiger partial charge on any atom is 0.338 e. The summed E-state index contributed by atoms with van der Waals surface area (Å²) in [7, 11) is 0. The number of aryl methyl sites for hydroxylation is 1. The predicted octanol–water partition coefficient (Wildman–Crippen LogP) is 4.56. The molecule has 32 heavy (non-hydrogen) atoms. The normalized spacial score (nSPS) is 19.6. The molecule has 1 unspecified atom stereocenters. The van der Waals surface area contributed by atoms with Crippen LogP contribution in [-0.4, -0.2) is 33.9 Å². The Balaban J connectivity index is 1.65. The Morgan fingerprint density at radius 1 is 1.31 bits per heavy atom. The van der Waals surface area contributed by atoms with Gasteiger partial charge in [-0.2, -0.15) is 0 Å². The first-order valence-corrected chi connectivity index (χ1v) is 12.2. The molecule has 0 bridgehead atoms. The van der Waals surface area contributed by atoms with E-state index in [1.165, 1.54) is 43.0 Å². The Morgan fingerprint density at radius 3 is 2.78 bits per heavy atom. The molecule has 0 spiro atoms. The van der Waals surface area contributed by atoms with Crippen molar-refractivity contribution in [2.75, 3.05) is 12.4 Å². The zero-order valence-electron chi connectivity index (χ0n) is 18.8. The summed E-state index contributed by atoms with van der Waals surface area (Å²) >= 11 is 1.54. The standard InChI is InChI=1S/C23H30N4O4S/c1-4-30-21(28)19-17(25-22(29)26-20(19)18-11-8-12-31-18)13-32-23-24-14(2)15(3)27(23)16-9-6-5-7-10-16/h8,11-12,16,20H,4-7,9-10,13H2,1-3H3,(H2,25,26,29). The summed E-state index contributed by atoms with van der Waals surface area (Å²) in [6.45, 7) is 6.15. The van der Waals surface area contributed by atoms with Crippen molar-refractivity contribution in [3.8, 4) is 0 Å². The minimum absolute atomic E-state index is 0.242. The molecule has 0 aromatic carbocycles. The second kappa shape index (κ2) is 9.85. The third kappa shape index (κ3) is 4.57.